The number of amidine groups is 1. The smallest absolute Gasteiger partial charge is 0.263 e. The van der Waals surface area contributed by atoms with Crippen LogP contribution in [0.15, 0.2) is 58.4 Å². The zero-order valence-electron chi connectivity index (χ0n) is 17.8. The molecule has 0 spiro atoms. The molecule has 2 aromatic rings. The average Bonchev–Trinajstić information content (AvgIpc) is 2.97. The standard InChI is InChI=1S/C23H29N3O3S/c1-5-17-10-12-18(13-11-17)16(4)24-23(27)20(14-15(2)3)25-22-19-8-6-7-9-21(19)30(28,29)26-22/h6-13,15-16,20H,5,14H2,1-4H3,(H,24,27)(H,25,26). The molecule has 0 bridgehead atoms. The van der Waals surface area contributed by atoms with Crippen molar-refractivity contribution in [1.29, 1.82) is 0 Å². The minimum atomic E-state index is -3.64. The fraction of sp³-hybridized carbons (Fsp3) is 0.391. The van der Waals surface area contributed by atoms with Gasteiger partial charge in [-0.2, -0.15) is 0 Å². The normalized spacial score (nSPS) is 18.0. The van der Waals surface area contributed by atoms with Crippen LogP contribution >= 0.6 is 0 Å². The van der Waals surface area contributed by atoms with Crippen LogP contribution in [-0.2, 0) is 21.2 Å². The van der Waals surface area contributed by atoms with Gasteiger partial charge in [0.25, 0.3) is 10.0 Å². The minimum absolute atomic E-state index is 0.175. The maximum atomic E-state index is 13.1. The van der Waals surface area contributed by atoms with Gasteiger partial charge in [0.05, 0.1) is 10.9 Å². The Morgan fingerprint density at radius 3 is 2.37 bits per heavy atom. The molecule has 0 saturated carbocycles. The summed E-state index contributed by atoms with van der Waals surface area (Å²) in [5, 5.41) is 3.03. The van der Waals surface area contributed by atoms with Crippen LogP contribution in [0.1, 0.15) is 56.8 Å². The molecule has 30 heavy (non-hydrogen) atoms. The molecule has 7 heteroatoms. The van der Waals surface area contributed by atoms with E-state index < -0.39 is 16.1 Å². The van der Waals surface area contributed by atoms with Gasteiger partial charge in [0.15, 0.2) is 0 Å². The maximum absolute atomic E-state index is 13.1. The highest BCUT2D eigenvalue weighted by Crippen LogP contribution is 2.24. The van der Waals surface area contributed by atoms with Gasteiger partial charge in [-0.25, -0.2) is 8.42 Å². The number of amides is 1. The Hall–Kier alpha value is -2.67. The Morgan fingerprint density at radius 2 is 1.73 bits per heavy atom. The van der Waals surface area contributed by atoms with Crippen LogP contribution in [0.2, 0.25) is 0 Å². The van der Waals surface area contributed by atoms with E-state index in [0.717, 1.165) is 12.0 Å². The number of sulfonamides is 1. The first-order chi connectivity index (χ1) is 14.2. The highest BCUT2D eigenvalue weighted by Gasteiger charge is 2.32. The molecule has 1 aliphatic heterocycles. The lowest BCUT2D eigenvalue weighted by molar-refractivity contribution is -0.123. The maximum Gasteiger partial charge on any atom is 0.263 e. The Kier molecular flexibility index (Phi) is 6.61. The molecule has 0 radical (unpaired) electrons. The first kappa shape index (κ1) is 22.0. The summed E-state index contributed by atoms with van der Waals surface area (Å²) < 4.78 is 27.2. The number of aliphatic imine (C=N–C) groups is 1. The lowest BCUT2D eigenvalue weighted by Crippen LogP contribution is -2.37. The number of fused-ring (bicyclic) bond motifs is 1. The summed E-state index contributed by atoms with van der Waals surface area (Å²) in [6, 6.07) is 14.0. The predicted molar refractivity (Wildman–Crippen MR) is 119 cm³/mol. The van der Waals surface area contributed by atoms with E-state index in [9.17, 15) is 13.2 Å². The van der Waals surface area contributed by atoms with Crippen molar-refractivity contribution in [3.05, 3.63) is 65.2 Å². The van der Waals surface area contributed by atoms with Crippen molar-refractivity contribution in [1.82, 2.24) is 10.0 Å². The van der Waals surface area contributed by atoms with Crippen LogP contribution in [0, 0.1) is 5.92 Å². The fourth-order valence-corrected chi connectivity index (χ4v) is 4.72. The van der Waals surface area contributed by atoms with Gasteiger partial charge in [0.2, 0.25) is 5.91 Å². The zero-order chi connectivity index (χ0) is 21.9. The number of hydrogen-bond donors (Lipinski definition) is 2. The van der Waals surface area contributed by atoms with E-state index >= 15 is 0 Å². The molecule has 0 fully saturated rings. The van der Waals surface area contributed by atoms with Gasteiger partial charge in [-0.1, -0.05) is 57.2 Å². The number of carbonyl (C=O) groups is 1. The van der Waals surface area contributed by atoms with E-state index in [0.29, 0.717) is 12.0 Å². The van der Waals surface area contributed by atoms with E-state index in [1.54, 1.807) is 24.3 Å². The molecular weight excluding hydrogens is 398 g/mol. The Morgan fingerprint density at radius 1 is 1.07 bits per heavy atom. The molecule has 1 heterocycles. The van der Waals surface area contributed by atoms with Crippen molar-refractivity contribution < 1.29 is 13.2 Å². The second-order valence-corrected chi connectivity index (χ2v) is 9.70. The van der Waals surface area contributed by atoms with Gasteiger partial charge in [-0.15, -0.1) is 0 Å². The Balaban J connectivity index is 1.84. The van der Waals surface area contributed by atoms with E-state index in [2.05, 4.69) is 34.1 Å². The van der Waals surface area contributed by atoms with Crippen molar-refractivity contribution in [2.45, 2.75) is 57.5 Å². The van der Waals surface area contributed by atoms with Crippen molar-refractivity contribution in [2.24, 2.45) is 10.9 Å². The monoisotopic (exact) mass is 427 g/mol. The Bertz CT molecular complexity index is 1040. The summed E-state index contributed by atoms with van der Waals surface area (Å²) in [6.45, 7) is 8.07. The van der Waals surface area contributed by atoms with Crippen molar-refractivity contribution in [3.63, 3.8) is 0 Å². The topological polar surface area (TPSA) is 87.6 Å². The molecule has 160 valence electrons. The van der Waals surface area contributed by atoms with Crippen LogP contribution in [-0.4, -0.2) is 26.2 Å². The number of nitrogens with zero attached hydrogens (tertiary/aromatic N) is 1. The molecule has 6 nitrogen and oxygen atoms in total. The minimum Gasteiger partial charge on any atom is -0.348 e. The summed E-state index contributed by atoms with van der Waals surface area (Å²) in [7, 11) is -3.64. The highest BCUT2D eigenvalue weighted by molar-refractivity contribution is 7.90. The second kappa shape index (κ2) is 9.00. The van der Waals surface area contributed by atoms with Gasteiger partial charge in [0.1, 0.15) is 11.9 Å². The predicted octanol–water partition coefficient (Wildman–Crippen LogP) is 3.58. The lowest BCUT2D eigenvalue weighted by Gasteiger charge is -2.20. The first-order valence-corrected chi connectivity index (χ1v) is 11.8. The van der Waals surface area contributed by atoms with Crippen molar-refractivity contribution in [2.75, 3.05) is 0 Å². The summed E-state index contributed by atoms with van der Waals surface area (Å²) >= 11 is 0. The molecular formula is C23H29N3O3S. The number of aryl methyl sites for hydroxylation is 1. The Labute approximate surface area is 178 Å². The molecule has 0 aromatic heterocycles. The number of benzene rings is 2. The van der Waals surface area contributed by atoms with Crippen LogP contribution in [0.3, 0.4) is 0 Å². The average molecular weight is 428 g/mol. The molecule has 3 rings (SSSR count). The van der Waals surface area contributed by atoms with E-state index in [1.165, 1.54) is 5.56 Å². The van der Waals surface area contributed by atoms with Crippen molar-refractivity contribution in [3.8, 4) is 0 Å². The van der Waals surface area contributed by atoms with Crippen LogP contribution in [0.25, 0.3) is 0 Å². The summed E-state index contributed by atoms with van der Waals surface area (Å²) in [5.74, 6) is 0.232. The first-order valence-electron chi connectivity index (χ1n) is 10.3. The molecule has 1 aliphatic rings. The molecule has 2 unspecified atom stereocenters. The molecule has 2 aromatic carbocycles. The van der Waals surface area contributed by atoms with Gasteiger partial charge in [-0.05, 0) is 48.9 Å². The molecule has 2 atom stereocenters. The largest absolute Gasteiger partial charge is 0.348 e. The third kappa shape index (κ3) is 4.90. The van der Waals surface area contributed by atoms with E-state index in [1.807, 2.05) is 32.9 Å². The number of hydrogen-bond acceptors (Lipinski definition) is 4. The van der Waals surface area contributed by atoms with Gasteiger partial charge < -0.3 is 5.32 Å². The van der Waals surface area contributed by atoms with E-state index in [-0.39, 0.29) is 28.6 Å². The fourth-order valence-electron chi connectivity index (χ4n) is 3.49. The third-order valence-electron chi connectivity index (χ3n) is 5.19. The summed E-state index contributed by atoms with van der Waals surface area (Å²) in [4.78, 5) is 17.8. The second-order valence-electron chi connectivity index (χ2n) is 8.05. The quantitative estimate of drug-likeness (QED) is 0.708. The molecule has 0 saturated heterocycles. The van der Waals surface area contributed by atoms with Crippen molar-refractivity contribution >= 4 is 21.8 Å². The van der Waals surface area contributed by atoms with Crippen LogP contribution < -0.4 is 10.0 Å². The van der Waals surface area contributed by atoms with Gasteiger partial charge in [0, 0.05) is 5.56 Å². The highest BCUT2D eigenvalue weighted by atomic mass is 32.2. The summed E-state index contributed by atoms with van der Waals surface area (Å²) in [6.07, 6.45) is 1.48. The summed E-state index contributed by atoms with van der Waals surface area (Å²) in [5.41, 5.74) is 2.76. The molecule has 2 N–H and O–H groups in total. The lowest BCUT2D eigenvalue weighted by atomic mass is 10.0. The number of nitrogens with one attached hydrogen (secondary N) is 2. The number of carbonyl (C=O) groups excluding carboxylic acids is 1. The van der Waals surface area contributed by atoms with Crippen LogP contribution in [0.4, 0.5) is 0 Å². The van der Waals surface area contributed by atoms with Gasteiger partial charge >= 0.3 is 0 Å². The van der Waals surface area contributed by atoms with E-state index in [4.69, 9.17) is 0 Å². The SMILES string of the molecule is CCc1ccc(C(C)NC(=O)C(CC(C)C)N=C2NS(=O)(=O)c3ccccc32)cc1. The zero-order valence-corrected chi connectivity index (χ0v) is 18.7. The molecule has 1 amide bonds. The van der Waals surface area contributed by atoms with Gasteiger partial charge in [-0.3, -0.25) is 14.5 Å². The molecule has 0 aliphatic carbocycles. The van der Waals surface area contributed by atoms with Crippen LogP contribution in [0.5, 0.6) is 0 Å². The number of rotatable bonds is 7. The third-order valence-corrected chi connectivity index (χ3v) is 6.59.